The summed E-state index contributed by atoms with van der Waals surface area (Å²) in [7, 11) is 3.99. The molecule has 6 heterocycles. The molecule has 8 nitrogen and oxygen atoms in total. The zero-order valence-corrected chi connectivity index (χ0v) is 18.1. The van der Waals surface area contributed by atoms with Crippen molar-refractivity contribution >= 4 is 27.6 Å². The summed E-state index contributed by atoms with van der Waals surface area (Å²) in [6.07, 6.45) is 9.06. The van der Waals surface area contributed by atoms with E-state index in [-0.39, 0.29) is 0 Å². The van der Waals surface area contributed by atoms with Crippen LogP contribution >= 0.6 is 0 Å². The largest absolute Gasteiger partial charge is 0.376 e. The fourth-order valence-corrected chi connectivity index (χ4v) is 3.99. The number of nitrogens with zero attached hydrogens (tertiary/aromatic N) is 6. The normalized spacial score (nSPS) is 11.3. The number of aromatic nitrogens is 7. The molecule has 6 aromatic rings. The summed E-state index contributed by atoms with van der Waals surface area (Å²) in [6.45, 7) is 0. The molecule has 8 heteroatoms. The fourth-order valence-electron chi connectivity index (χ4n) is 3.99. The Labute approximate surface area is 189 Å². The van der Waals surface area contributed by atoms with E-state index in [0.717, 1.165) is 61.5 Å². The van der Waals surface area contributed by atoms with Crippen LogP contribution in [0.2, 0.25) is 0 Å². The van der Waals surface area contributed by atoms with Crippen molar-refractivity contribution in [1.82, 2.24) is 35.1 Å². The van der Waals surface area contributed by atoms with Crippen molar-refractivity contribution in [2.75, 3.05) is 19.0 Å². The van der Waals surface area contributed by atoms with Crippen LogP contribution in [0.1, 0.15) is 0 Å². The summed E-state index contributed by atoms with van der Waals surface area (Å²) in [5.74, 6) is 0. The van der Waals surface area contributed by atoms with Gasteiger partial charge in [-0.2, -0.15) is 5.10 Å². The van der Waals surface area contributed by atoms with Gasteiger partial charge in [0.25, 0.3) is 0 Å². The molecular weight excluding hydrogens is 412 g/mol. The predicted molar refractivity (Wildman–Crippen MR) is 130 cm³/mol. The molecule has 0 atom stereocenters. The molecule has 33 heavy (non-hydrogen) atoms. The molecule has 0 saturated carbocycles. The second-order valence-electron chi connectivity index (χ2n) is 8.03. The summed E-state index contributed by atoms with van der Waals surface area (Å²) in [6, 6.07) is 14.1. The molecule has 160 valence electrons. The zero-order chi connectivity index (χ0) is 22.4. The Balaban J connectivity index is 1.48. The molecule has 0 aliphatic rings. The minimum atomic E-state index is 0.793. The third-order valence-corrected chi connectivity index (χ3v) is 5.71. The Morgan fingerprint density at radius 3 is 2.61 bits per heavy atom. The lowest BCUT2D eigenvalue weighted by molar-refractivity contribution is 1.11. The lowest BCUT2D eigenvalue weighted by atomic mass is 10.1. The first-order valence-corrected chi connectivity index (χ1v) is 10.5. The topological polar surface area (TPSA) is 99.3 Å². The highest BCUT2D eigenvalue weighted by Crippen LogP contribution is 2.33. The van der Waals surface area contributed by atoms with Crippen LogP contribution in [0.3, 0.4) is 0 Å². The number of pyridine rings is 4. The molecule has 0 saturated heterocycles. The van der Waals surface area contributed by atoms with Crippen molar-refractivity contribution in [3.8, 4) is 33.9 Å². The minimum Gasteiger partial charge on any atom is -0.376 e. The van der Waals surface area contributed by atoms with Gasteiger partial charge in [0.15, 0.2) is 0 Å². The Morgan fingerprint density at radius 1 is 0.818 bits per heavy atom. The zero-order valence-electron chi connectivity index (χ0n) is 18.1. The summed E-state index contributed by atoms with van der Waals surface area (Å²) < 4.78 is 0. The Hall–Kier alpha value is -4.59. The molecule has 0 aliphatic carbocycles. The first kappa shape index (κ1) is 19.1. The van der Waals surface area contributed by atoms with Crippen LogP contribution in [0, 0.1) is 0 Å². The van der Waals surface area contributed by atoms with Gasteiger partial charge in [0.2, 0.25) is 0 Å². The van der Waals surface area contributed by atoms with Gasteiger partial charge in [0.05, 0.1) is 40.7 Å². The van der Waals surface area contributed by atoms with Crippen LogP contribution in [0.15, 0.2) is 73.4 Å². The number of anilines is 1. The molecule has 2 N–H and O–H groups in total. The van der Waals surface area contributed by atoms with E-state index in [1.807, 2.05) is 67.9 Å². The molecule has 0 bridgehead atoms. The van der Waals surface area contributed by atoms with Crippen LogP contribution in [0.25, 0.3) is 55.8 Å². The quantitative estimate of drug-likeness (QED) is 0.419. The van der Waals surface area contributed by atoms with Crippen LogP contribution in [-0.4, -0.2) is 49.2 Å². The van der Waals surface area contributed by atoms with Gasteiger partial charge in [-0.15, -0.1) is 0 Å². The van der Waals surface area contributed by atoms with Crippen LogP contribution < -0.4 is 4.90 Å². The number of nitrogens with one attached hydrogen (secondary N) is 2. The molecule has 0 aromatic carbocycles. The Morgan fingerprint density at radius 2 is 1.76 bits per heavy atom. The average molecular weight is 432 g/mol. The Bertz CT molecular complexity index is 1600. The maximum absolute atomic E-state index is 4.62. The molecular formula is C25H20N8. The van der Waals surface area contributed by atoms with E-state index in [1.165, 1.54) is 0 Å². The summed E-state index contributed by atoms with van der Waals surface area (Å²) in [5.41, 5.74) is 8.09. The second kappa shape index (κ2) is 7.52. The number of rotatable bonds is 4. The molecule has 0 fully saturated rings. The highest BCUT2D eigenvalue weighted by atomic mass is 15.1. The van der Waals surface area contributed by atoms with Crippen molar-refractivity contribution < 1.29 is 0 Å². The standard InChI is InChI=1S/C25H20N8/c1-33(2)16-9-15(12-26-13-16)21-11-19-23(14-29-21)31-32-24(19)22-10-18-17(6-8-28-25(18)30-22)20-5-3-4-7-27-20/h3-14H,1-2H3,(H,28,30)(H,31,32). The first-order valence-electron chi connectivity index (χ1n) is 10.5. The number of hydrogen-bond donors (Lipinski definition) is 2. The van der Waals surface area contributed by atoms with Gasteiger partial charge in [-0.25, -0.2) is 4.98 Å². The summed E-state index contributed by atoms with van der Waals surface area (Å²) in [4.78, 5) is 23.5. The van der Waals surface area contributed by atoms with Gasteiger partial charge < -0.3 is 9.88 Å². The van der Waals surface area contributed by atoms with E-state index >= 15 is 0 Å². The maximum atomic E-state index is 4.62. The van der Waals surface area contributed by atoms with E-state index in [9.17, 15) is 0 Å². The number of fused-ring (bicyclic) bond motifs is 2. The van der Waals surface area contributed by atoms with E-state index in [0.29, 0.717) is 0 Å². The van der Waals surface area contributed by atoms with E-state index in [2.05, 4.69) is 47.2 Å². The van der Waals surface area contributed by atoms with E-state index in [1.54, 1.807) is 12.4 Å². The summed E-state index contributed by atoms with van der Waals surface area (Å²) in [5, 5.41) is 9.65. The molecule has 6 rings (SSSR count). The molecule has 0 aliphatic heterocycles. The van der Waals surface area contributed by atoms with Crippen LogP contribution in [0.4, 0.5) is 5.69 Å². The van der Waals surface area contributed by atoms with Gasteiger partial charge in [0, 0.05) is 54.6 Å². The highest BCUT2D eigenvalue weighted by molar-refractivity contribution is 5.99. The van der Waals surface area contributed by atoms with Gasteiger partial charge in [0.1, 0.15) is 11.3 Å². The van der Waals surface area contributed by atoms with Gasteiger partial charge in [-0.05, 0) is 36.4 Å². The lowest BCUT2D eigenvalue weighted by Gasteiger charge is -2.12. The van der Waals surface area contributed by atoms with Crippen LogP contribution in [0.5, 0.6) is 0 Å². The van der Waals surface area contributed by atoms with Crippen molar-refractivity contribution in [2.45, 2.75) is 0 Å². The monoisotopic (exact) mass is 432 g/mol. The third kappa shape index (κ3) is 3.28. The number of hydrogen-bond acceptors (Lipinski definition) is 6. The van der Waals surface area contributed by atoms with Crippen molar-refractivity contribution in [1.29, 1.82) is 0 Å². The molecule has 6 aromatic heterocycles. The number of aromatic amines is 2. The molecule has 0 amide bonds. The van der Waals surface area contributed by atoms with Crippen molar-refractivity contribution in [2.24, 2.45) is 0 Å². The maximum Gasteiger partial charge on any atom is 0.138 e. The van der Waals surface area contributed by atoms with E-state index in [4.69, 9.17) is 0 Å². The van der Waals surface area contributed by atoms with Crippen molar-refractivity contribution in [3.05, 3.63) is 73.4 Å². The first-order chi connectivity index (χ1) is 16.2. The SMILES string of the molecule is CN(C)c1cncc(-c2cc3c(-c4cc5c(-c6ccccn6)ccnc5[nH]4)n[nH]c3cn2)c1. The average Bonchev–Trinajstić information content (AvgIpc) is 3.48. The lowest BCUT2D eigenvalue weighted by Crippen LogP contribution is -2.08. The minimum absolute atomic E-state index is 0.793. The van der Waals surface area contributed by atoms with Crippen molar-refractivity contribution in [3.63, 3.8) is 0 Å². The summed E-state index contributed by atoms with van der Waals surface area (Å²) >= 11 is 0. The molecule has 0 radical (unpaired) electrons. The van der Waals surface area contributed by atoms with Gasteiger partial charge >= 0.3 is 0 Å². The Kier molecular flexibility index (Phi) is 4.36. The van der Waals surface area contributed by atoms with Crippen LogP contribution in [-0.2, 0) is 0 Å². The highest BCUT2D eigenvalue weighted by Gasteiger charge is 2.16. The van der Waals surface area contributed by atoms with Gasteiger partial charge in [-0.1, -0.05) is 6.07 Å². The predicted octanol–water partition coefficient (Wildman–Crippen LogP) is 4.69. The fraction of sp³-hybridized carbons (Fsp3) is 0.0800. The smallest absolute Gasteiger partial charge is 0.138 e. The molecule has 0 spiro atoms. The number of H-pyrrole nitrogens is 2. The second-order valence-corrected chi connectivity index (χ2v) is 8.03. The third-order valence-electron chi connectivity index (χ3n) is 5.71. The molecule has 0 unspecified atom stereocenters. The van der Waals surface area contributed by atoms with Gasteiger partial charge in [-0.3, -0.25) is 20.1 Å². The van der Waals surface area contributed by atoms with E-state index < -0.39 is 0 Å².